The molecule has 1 unspecified atom stereocenters. The molecule has 1 atom stereocenters. The van der Waals surface area contributed by atoms with E-state index >= 15 is 0 Å². The first kappa shape index (κ1) is 35.0. The van der Waals surface area contributed by atoms with E-state index in [1.807, 2.05) is 0 Å². The van der Waals surface area contributed by atoms with Gasteiger partial charge in [0.05, 0.1) is 28.2 Å². The van der Waals surface area contributed by atoms with Crippen LogP contribution in [0.1, 0.15) is 94.3 Å². The molecule has 0 aromatic heterocycles. The van der Waals surface area contributed by atoms with Gasteiger partial charge in [-0.3, -0.25) is 9.59 Å². The largest absolute Gasteiger partial charge is 0.478 e. The van der Waals surface area contributed by atoms with E-state index in [1.54, 1.807) is 18.2 Å². The third-order valence-corrected chi connectivity index (χ3v) is 8.14. The molecule has 0 bridgehead atoms. The number of anilines is 3. The predicted molar refractivity (Wildman–Crippen MR) is 175 cm³/mol. The Labute approximate surface area is 264 Å². The molecule has 0 saturated heterocycles. The van der Waals surface area contributed by atoms with Gasteiger partial charge in [-0.15, -0.1) is 5.10 Å². The van der Waals surface area contributed by atoms with Gasteiger partial charge in [0, 0.05) is 12.1 Å². The molecule has 2 aromatic carbocycles. The first-order chi connectivity index (χ1) is 21.0. The summed E-state index contributed by atoms with van der Waals surface area (Å²) in [5, 5.41) is 20.4. The maximum absolute atomic E-state index is 13.2. The third-order valence-electron chi connectivity index (χ3n) is 7.15. The van der Waals surface area contributed by atoms with Crippen molar-refractivity contribution in [1.82, 2.24) is 4.72 Å². The lowest BCUT2D eigenvalue weighted by Gasteiger charge is -2.16. The number of benzene rings is 2. The number of carboxylic acids is 1. The van der Waals surface area contributed by atoms with Crippen LogP contribution in [0, 0.1) is 0 Å². The van der Waals surface area contributed by atoms with Crippen molar-refractivity contribution in [3.8, 4) is 0 Å². The van der Waals surface area contributed by atoms with Crippen molar-refractivity contribution in [2.24, 2.45) is 5.10 Å². The minimum atomic E-state index is -3.83. The van der Waals surface area contributed by atoms with Crippen LogP contribution in [-0.2, 0) is 19.6 Å². The van der Waals surface area contributed by atoms with Gasteiger partial charge < -0.3 is 15.7 Å². The fourth-order valence-corrected chi connectivity index (χ4v) is 5.62. The fraction of sp³-hybridized carbons (Fsp3) is 0.484. The number of unbranched alkanes of at least 4 members (excludes halogenated alkanes) is 10. The topological polar surface area (TPSA) is 157 Å². The van der Waals surface area contributed by atoms with Gasteiger partial charge in [0.1, 0.15) is 0 Å². The normalized spacial score (nSPS) is 14.9. The van der Waals surface area contributed by atoms with Crippen LogP contribution in [0.4, 0.5) is 17.1 Å². The van der Waals surface area contributed by atoms with Crippen LogP contribution in [0.15, 0.2) is 47.6 Å². The lowest BCUT2D eigenvalue weighted by atomic mass is 10.1. The van der Waals surface area contributed by atoms with E-state index in [4.69, 9.17) is 16.7 Å². The number of halogens is 1. The number of sulfonamides is 1. The molecule has 13 heteroatoms. The predicted octanol–water partition coefficient (Wildman–Crippen LogP) is 6.37. The highest BCUT2D eigenvalue weighted by Gasteiger charge is 2.39. The summed E-state index contributed by atoms with van der Waals surface area (Å²) in [7, 11) is -3.83. The van der Waals surface area contributed by atoms with Gasteiger partial charge in [-0.05, 0) is 48.9 Å². The van der Waals surface area contributed by atoms with Crippen LogP contribution in [0.3, 0.4) is 0 Å². The highest BCUT2D eigenvalue weighted by Crippen LogP contribution is 2.28. The smallest absolute Gasteiger partial charge is 0.335 e. The highest BCUT2D eigenvalue weighted by atomic mass is 35.5. The number of amides is 2. The number of hydrazone groups is 1. The van der Waals surface area contributed by atoms with Crippen LogP contribution in [-0.4, -0.2) is 49.4 Å². The average molecular weight is 648 g/mol. The van der Waals surface area contributed by atoms with E-state index in [1.165, 1.54) is 75.6 Å². The van der Waals surface area contributed by atoms with Crippen molar-refractivity contribution in [2.45, 2.75) is 90.0 Å². The van der Waals surface area contributed by atoms with Crippen LogP contribution in [0.25, 0.3) is 0 Å². The number of nitrogens with zero attached hydrogens (tertiary/aromatic N) is 2. The van der Waals surface area contributed by atoms with E-state index in [0.717, 1.165) is 30.5 Å². The fourth-order valence-electron chi connectivity index (χ4n) is 4.81. The van der Waals surface area contributed by atoms with Gasteiger partial charge >= 0.3 is 5.97 Å². The Morgan fingerprint density at radius 3 is 2.09 bits per heavy atom. The molecule has 240 valence electrons. The first-order valence-corrected chi connectivity index (χ1v) is 17.3. The summed E-state index contributed by atoms with van der Waals surface area (Å²) < 4.78 is 26.4. The summed E-state index contributed by atoms with van der Waals surface area (Å²) in [4.78, 5) is 37.0. The molecule has 44 heavy (non-hydrogen) atoms. The molecule has 3 rings (SSSR count). The highest BCUT2D eigenvalue weighted by molar-refractivity contribution is 7.88. The Hall–Kier alpha value is -3.48. The number of carbonyl (C=O) groups is 3. The maximum Gasteiger partial charge on any atom is 0.335 e. The number of carboxylic acid groups (broad SMARTS) is 1. The molecule has 0 aliphatic carbocycles. The van der Waals surface area contributed by atoms with Gasteiger partial charge in [0.25, 0.3) is 5.91 Å². The minimum Gasteiger partial charge on any atom is -0.478 e. The zero-order valence-corrected chi connectivity index (χ0v) is 26.8. The Morgan fingerprint density at radius 2 is 1.52 bits per heavy atom. The van der Waals surface area contributed by atoms with E-state index in [-0.39, 0.29) is 28.0 Å². The van der Waals surface area contributed by atoms with Crippen molar-refractivity contribution in [3.63, 3.8) is 0 Å². The Kier molecular flexibility index (Phi) is 13.6. The zero-order valence-electron chi connectivity index (χ0n) is 25.3. The molecule has 4 N–H and O–H groups in total. The zero-order chi connectivity index (χ0) is 32.1. The summed E-state index contributed by atoms with van der Waals surface area (Å²) in [6.07, 6.45) is 14.5. The second kappa shape index (κ2) is 17.1. The quantitative estimate of drug-likeness (QED) is 0.137. The van der Waals surface area contributed by atoms with Crippen molar-refractivity contribution < 1.29 is 27.9 Å². The van der Waals surface area contributed by atoms with Gasteiger partial charge in [-0.25, -0.2) is 13.2 Å². The molecule has 2 amide bonds. The Balaban J connectivity index is 1.58. The summed E-state index contributed by atoms with van der Waals surface area (Å²) in [6, 6.07) is 8.81. The van der Waals surface area contributed by atoms with Crippen molar-refractivity contribution >= 4 is 62.3 Å². The molecule has 1 heterocycles. The SMILES string of the molecule is CCCCCCCCCCCCCC(=O)Nc1ccc(Cl)c(NC2=NN(c3ccc(C(=O)O)cc3)C(=O)C2NS(C)(=O)=O)c1. The Morgan fingerprint density at radius 1 is 0.932 bits per heavy atom. The molecule has 0 fully saturated rings. The van der Waals surface area contributed by atoms with Crippen molar-refractivity contribution in [1.29, 1.82) is 0 Å². The molecule has 0 spiro atoms. The lowest BCUT2D eigenvalue weighted by molar-refractivity contribution is -0.118. The van der Waals surface area contributed by atoms with Crippen molar-refractivity contribution in [3.05, 3.63) is 53.1 Å². The minimum absolute atomic E-state index is 0.0164. The number of hydrogen-bond donors (Lipinski definition) is 4. The summed E-state index contributed by atoms with van der Waals surface area (Å²) in [5.74, 6) is -2.01. The van der Waals surface area contributed by atoms with Crippen LogP contribution in [0.2, 0.25) is 5.02 Å². The number of aromatic carboxylic acids is 1. The number of nitrogens with one attached hydrogen (secondary N) is 3. The second-order valence-electron chi connectivity index (χ2n) is 11.0. The number of amidine groups is 1. The summed E-state index contributed by atoms with van der Waals surface area (Å²) in [5.41, 5.74) is 1.03. The van der Waals surface area contributed by atoms with Crippen LogP contribution < -0.4 is 20.4 Å². The molecule has 0 saturated carbocycles. The standard InChI is InChI=1S/C31H42ClN5O6S/c1-3-4-5-6-7-8-9-10-11-12-13-14-27(38)33-23-17-20-25(32)26(21-23)34-29-28(36-44(2,42)43)30(39)37(35-29)24-18-15-22(16-19-24)31(40)41/h15-21,28,36H,3-14H2,1-2H3,(H,33,38)(H,34,35)(H,40,41). The molecular weight excluding hydrogens is 606 g/mol. The summed E-state index contributed by atoms with van der Waals surface area (Å²) >= 11 is 6.39. The molecule has 11 nitrogen and oxygen atoms in total. The first-order valence-electron chi connectivity index (χ1n) is 15.1. The molecule has 1 aliphatic rings. The van der Waals surface area contributed by atoms with Gasteiger partial charge in [-0.2, -0.15) is 9.73 Å². The molecular formula is C31H42ClN5O6S. The number of carbonyl (C=O) groups excluding carboxylic acids is 2. The van der Waals surface area contributed by atoms with E-state index in [9.17, 15) is 22.8 Å². The second-order valence-corrected chi connectivity index (χ2v) is 13.2. The van der Waals surface area contributed by atoms with E-state index in [2.05, 4.69) is 27.4 Å². The van der Waals surface area contributed by atoms with Gasteiger partial charge in [0.15, 0.2) is 11.9 Å². The van der Waals surface area contributed by atoms with Gasteiger partial charge in [-0.1, -0.05) is 82.7 Å². The van der Waals surface area contributed by atoms with Gasteiger partial charge in [0.2, 0.25) is 15.9 Å². The third kappa shape index (κ3) is 11.2. The van der Waals surface area contributed by atoms with Crippen LogP contribution in [0.5, 0.6) is 0 Å². The number of hydrogen-bond acceptors (Lipinski definition) is 7. The lowest BCUT2D eigenvalue weighted by Crippen LogP contribution is -2.47. The Bertz CT molecular complexity index is 1430. The monoisotopic (exact) mass is 647 g/mol. The maximum atomic E-state index is 13.2. The van der Waals surface area contributed by atoms with E-state index < -0.39 is 27.9 Å². The molecule has 0 radical (unpaired) electrons. The van der Waals surface area contributed by atoms with Crippen molar-refractivity contribution in [2.75, 3.05) is 21.9 Å². The number of rotatable bonds is 18. The molecule has 1 aliphatic heterocycles. The van der Waals surface area contributed by atoms with Crippen LogP contribution >= 0.6 is 11.6 Å². The van der Waals surface area contributed by atoms with E-state index in [0.29, 0.717) is 17.8 Å². The molecule has 2 aromatic rings. The summed E-state index contributed by atoms with van der Waals surface area (Å²) in [6.45, 7) is 2.22. The average Bonchev–Trinajstić information content (AvgIpc) is 3.26.